The van der Waals surface area contributed by atoms with Gasteiger partial charge in [-0.25, -0.2) is 0 Å². The lowest BCUT2D eigenvalue weighted by Gasteiger charge is -1.76. The molecule has 3 heteroatoms. The molecular formula is C3H8BNO. The van der Waals surface area contributed by atoms with Crippen LogP contribution < -0.4 is 0 Å². The van der Waals surface area contributed by atoms with E-state index in [9.17, 15) is 0 Å². The van der Waals surface area contributed by atoms with Gasteiger partial charge in [0, 0.05) is 0 Å². The predicted octanol–water partition coefficient (Wildman–Crippen LogP) is -1.14. The molecule has 1 aliphatic heterocycles. The molecule has 0 radical (unpaired) electrons. The Kier molecular flexibility index (Phi) is 2.54. The van der Waals surface area contributed by atoms with Crippen molar-refractivity contribution in [2.45, 2.75) is 0 Å². The van der Waals surface area contributed by atoms with Gasteiger partial charge in [0.15, 0.2) is 6.40 Å². The Bertz CT molecular complexity index is 48.8. The number of nitrogens with zero attached hydrogens (tertiary/aromatic N) is 1. The Morgan fingerprint density at radius 3 is 2.67 bits per heavy atom. The minimum Gasteiger partial charge on any atom is -0.482 e. The third-order valence-electron chi connectivity index (χ3n) is 0.487. The standard InChI is InChI=1S/C3H5NO.BH3/c1-2-5-3-4-1;/h3H,1-2H2;1H3. The van der Waals surface area contributed by atoms with Crippen LogP contribution in [0.3, 0.4) is 0 Å². The Balaban J connectivity index is 0.000000250. The lowest BCUT2D eigenvalue weighted by Crippen LogP contribution is -1.80. The summed E-state index contributed by atoms with van der Waals surface area (Å²) in [5, 5.41) is 0. The van der Waals surface area contributed by atoms with Crippen molar-refractivity contribution in [3.05, 3.63) is 0 Å². The van der Waals surface area contributed by atoms with E-state index in [-0.39, 0.29) is 8.41 Å². The summed E-state index contributed by atoms with van der Waals surface area (Å²) in [7, 11) is 0. The molecule has 0 aromatic carbocycles. The molecule has 34 valence electrons. The molecule has 0 unspecified atom stereocenters. The second kappa shape index (κ2) is 2.76. The molecule has 2 nitrogen and oxygen atoms in total. The molecule has 1 rings (SSSR count). The Morgan fingerprint density at radius 2 is 2.50 bits per heavy atom. The molecule has 0 aromatic heterocycles. The normalized spacial score (nSPS) is 16.0. The third kappa shape index (κ3) is 1.10. The minimum atomic E-state index is 0. The summed E-state index contributed by atoms with van der Waals surface area (Å²) >= 11 is 0. The van der Waals surface area contributed by atoms with Crippen LogP contribution in [0.5, 0.6) is 0 Å². The number of hydrogen-bond donors (Lipinski definition) is 0. The van der Waals surface area contributed by atoms with E-state index >= 15 is 0 Å². The molecule has 0 atom stereocenters. The van der Waals surface area contributed by atoms with Gasteiger partial charge in [0.05, 0.1) is 15.0 Å². The van der Waals surface area contributed by atoms with Crippen LogP contribution in [-0.2, 0) is 4.74 Å². The minimum absolute atomic E-state index is 0. The highest BCUT2D eigenvalue weighted by Crippen LogP contribution is 1.78. The molecule has 0 saturated carbocycles. The van der Waals surface area contributed by atoms with Gasteiger partial charge in [0.2, 0.25) is 0 Å². The fraction of sp³-hybridized carbons (Fsp3) is 0.667. The van der Waals surface area contributed by atoms with Gasteiger partial charge < -0.3 is 4.74 Å². The van der Waals surface area contributed by atoms with Crippen molar-refractivity contribution >= 4 is 14.8 Å². The van der Waals surface area contributed by atoms with Gasteiger partial charge in [-0.15, -0.1) is 0 Å². The first-order chi connectivity index (χ1) is 2.50. The largest absolute Gasteiger partial charge is 0.482 e. The van der Waals surface area contributed by atoms with Crippen molar-refractivity contribution in [3.63, 3.8) is 0 Å². The van der Waals surface area contributed by atoms with Gasteiger partial charge in [0.1, 0.15) is 6.61 Å². The quantitative estimate of drug-likeness (QED) is 0.341. The molecule has 0 amide bonds. The lowest BCUT2D eigenvalue weighted by atomic mass is 10.8. The molecule has 0 spiro atoms. The number of hydrogen-bond acceptors (Lipinski definition) is 2. The van der Waals surface area contributed by atoms with E-state index in [2.05, 4.69) is 9.73 Å². The molecule has 1 aliphatic rings. The van der Waals surface area contributed by atoms with Gasteiger partial charge >= 0.3 is 0 Å². The molecule has 0 bridgehead atoms. The Labute approximate surface area is 38.8 Å². The maximum Gasteiger partial charge on any atom is 0.169 e. The highest BCUT2D eigenvalue weighted by Gasteiger charge is 1.84. The molecule has 1 heterocycles. The van der Waals surface area contributed by atoms with Crippen LogP contribution in [0.1, 0.15) is 0 Å². The van der Waals surface area contributed by atoms with E-state index in [1.807, 2.05) is 0 Å². The van der Waals surface area contributed by atoms with Crippen LogP contribution in [0.4, 0.5) is 0 Å². The molecule has 0 saturated heterocycles. The second-order valence-corrected chi connectivity index (χ2v) is 0.882. The SMILES string of the molecule is B.C1=NCCO1. The maximum atomic E-state index is 4.65. The fourth-order valence-corrected chi connectivity index (χ4v) is 0.264. The van der Waals surface area contributed by atoms with Crippen molar-refractivity contribution in [1.82, 2.24) is 0 Å². The summed E-state index contributed by atoms with van der Waals surface area (Å²) in [5.74, 6) is 0. The maximum absolute atomic E-state index is 4.65. The molecule has 0 aliphatic carbocycles. The van der Waals surface area contributed by atoms with Crippen LogP contribution in [0, 0.1) is 0 Å². The van der Waals surface area contributed by atoms with Crippen LogP contribution in [0.15, 0.2) is 4.99 Å². The van der Waals surface area contributed by atoms with E-state index in [1.165, 1.54) is 6.40 Å². The van der Waals surface area contributed by atoms with Gasteiger partial charge in [-0.3, -0.25) is 4.99 Å². The molecule has 6 heavy (non-hydrogen) atoms. The van der Waals surface area contributed by atoms with E-state index in [0.29, 0.717) is 0 Å². The summed E-state index contributed by atoms with van der Waals surface area (Å²) in [6.07, 6.45) is 1.49. The molecule has 0 fully saturated rings. The summed E-state index contributed by atoms with van der Waals surface area (Å²) in [4.78, 5) is 3.74. The van der Waals surface area contributed by atoms with Crippen LogP contribution >= 0.6 is 0 Å². The van der Waals surface area contributed by atoms with Gasteiger partial charge in [-0.1, -0.05) is 0 Å². The Hall–Kier alpha value is -0.465. The topological polar surface area (TPSA) is 21.6 Å². The van der Waals surface area contributed by atoms with Crippen LogP contribution in [-0.4, -0.2) is 28.0 Å². The highest BCUT2D eigenvalue weighted by molar-refractivity contribution is 5.75. The van der Waals surface area contributed by atoms with Crippen LogP contribution in [0.2, 0.25) is 0 Å². The molecule has 0 aromatic rings. The van der Waals surface area contributed by atoms with Crippen molar-refractivity contribution in [2.24, 2.45) is 4.99 Å². The summed E-state index contributed by atoms with van der Waals surface area (Å²) in [6, 6.07) is 0. The number of ether oxygens (including phenoxy) is 1. The highest BCUT2D eigenvalue weighted by atomic mass is 16.5. The van der Waals surface area contributed by atoms with E-state index < -0.39 is 0 Å². The fourth-order valence-electron chi connectivity index (χ4n) is 0.264. The van der Waals surface area contributed by atoms with Crippen molar-refractivity contribution in [1.29, 1.82) is 0 Å². The molecular weight excluding hydrogens is 76.9 g/mol. The van der Waals surface area contributed by atoms with Crippen molar-refractivity contribution < 1.29 is 4.74 Å². The zero-order valence-corrected chi connectivity index (χ0v) is 2.85. The number of rotatable bonds is 0. The predicted molar refractivity (Wildman–Crippen MR) is 29.2 cm³/mol. The summed E-state index contributed by atoms with van der Waals surface area (Å²) in [5.41, 5.74) is 0. The van der Waals surface area contributed by atoms with Crippen molar-refractivity contribution in [2.75, 3.05) is 13.2 Å². The van der Waals surface area contributed by atoms with E-state index in [0.717, 1.165) is 13.2 Å². The average molecular weight is 84.9 g/mol. The second-order valence-electron chi connectivity index (χ2n) is 0.882. The average Bonchev–Trinajstić information content (AvgIpc) is 1.76. The number of aliphatic imine (C=N–C) groups is 1. The van der Waals surface area contributed by atoms with Gasteiger partial charge in [-0.2, -0.15) is 0 Å². The first kappa shape index (κ1) is 5.53. The summed E-state index contributed by atoms with van der Waals surface area (Å²) in [6.45, 7) is 1.62. The van der Waals surface area contributed by atoms with Crippen LogP contribution in [0.25, 0.3) is 0 Å². The zero-order valence-electron chi connectivity index (χ0n) is 2.85. The van der Waals surface area contributed by atoms with E-state index in [1.54, 1.807) is 0 Å². The van der Waals surface area contributed by atoms with Crippen molar-refractivity contribution in [3.8, 4) is 0 Å². The lowest BCUT2D eigenvalue weighted by molar-refractivity contribution is 0.361. The van der Waals surface area contributed by atoms with E-state index in [4.69, 9.17) is 0 Å². The Morgan fingerprint density at radius 1 is 1.67 bits per heavy atom. The first-order valence-electron chi connectivity index (χ1n) is 1.60. The van der Waals surface area contributed by atoms with Gasteiger partial charge in [0.25, 0.3) is 0 Å². The monoisotopic (exact) mass is 85.1 g/mol. The zero-order chi connectivity index (χ0) is 3.54. The third-order valence-corrected chi connectivity index (χ3v) is 0.487. The smallest absolute Gasteiger partial charge is 0.169 e. The molecule has 0 N–H and O–H groups in total. The van der Waals surface area contributed by atoms with Gasteiger partial charge in [-0.05, 0) is 0 Å². The summed E-state index contributed by atoms with van der Waals surface area (Å²) < 4.78 is 4.65. The first-order valence-corrected chi connectivity index (χ1v) is 1.60.